The first-order valence-corrected chi connectivity index (χ1v) is 12.4. The number of hydrogen-bond donors (Lipinski definition) is 1. The predicted octanol–water partition coefficient (Wildman–Crippen LogP) is 4.72. The van der Waals surface area contributed by atoms with Crippen molar-refractivity contribution < 1.29 is 19.0 Å². The molecule has 0 aliphatic carbocycles. The van der Waals surface area contributed by atoms with Crippen molar-refractivity contribution in [3.8, 4) is 28.5 Å². The lowest BCUT2D eigenvalue weighted by Gasteiger charge is -2.25. The number of fused-ring (bicyclic) bond motifs is 1. The van der Waals surface area contributed by atoms with Gasteiger partial charge in [-0.25, -0.2) is 4.98 Å². The van der Waals surface area contributed by atoms with Gasteiger partial charge in [0, 0.05) is 42.9 Å². The maximum atomic E-state index is 13.8. The summed E-state index contributed by atoms with van der Waals surface area (Å²) in [6.45, 7) is 5.70. The van der Waals surface area contributed by atoms with Crippen LogP contribution in [-0.4, -0.2) is 47.8 Å². The van der Waals surface area contributed by atoms with Crippen LogP contribution in [0.2, 0.25) is 0 Å². The summed E-state index contributed by atoms with van der Waals surface area (Å²) in [5.74, 6) is 0.651. The smallest absolute Gasteiger partial charge is 0.254 e. The van der Waals surface area contributed by atoms with E-state index >= 15 is 0 Å². The Hall–Kier alpha value is -3.10. The first-order chi connectivity index (χ1) is 16.4. The number of methoxy groups -OCH3 is 1. The molecule has 1 N–H and O–H groups in total. The summed E-state index contributed by atoms with van der Waals surface area (Å²) in [5, 5.41) is 6.46. The molecule has 2 aliphatic heterocycles. The van der Waals surface area contributed by atoms with Crippen molar-refractivity contribution in [2.24, 2.45) is 0 Å². The van der Waals surface area contributed by atoms with Gasteiger partial charge in [-0.15, -0.1) is 11.3 Å². The third-order valence-electron chi connectivity index (χ3n) is 6.03. The molecule has 1 atom stereocenters. The van der Waals surface area contributed by atoms with Gasteiger partial charge < -0.3 is 24.4 Å². The Morgan fingerprint density at radius 1 is 1.26 bits per heavy atom. The first-order valence-electron chi connectivity index (χ1n) is 11.5. The van der Waals surface area contributed by atoms with E-state index in [2.05, 4.69) is 5.32 Å². The molecule has 0 spiro atoms. The summed E-state index contributed by atoms with van der Waals surface area (Å²) >= 11 is 1.58. The number of thiazole rings is 1. The van der Waals surface area contributed by atoms with E-state index in [0.29, 0.717) is 35.9 Å². The second-order valence-corrected chi connectivity index (χ2v) is 10.0. The van der Waals surface area contributed by atoms with Crippen LogP contribution in [0.25, 0.3) is 11.3 Å². The van der Waals surface area contributed by atoms with Gasteiger partial charge in [0.25, 0.3) is 5.91 Å². The lowest BCUT2D eigenvalue weighted by Crippen LogP contribution is -2.40. The summed E-state index contributed by atoms with van der Waals surface area (Å²) in [5.41, 5.74) is 2.51. The van der Waals surface area contributed by atoms with Gasteiger partial charge in [0.05, 0.1) is 19.3 Å². The molecule has 5 rings (SSSR count). The Balaban J connectivity index is 1.42. The zero-order valence-corrected chi connectivity index (χ0v) is 20.5. The average molecular weight is 480 g/mol. The van der Waals surface area contributed by atoms with Gasteiger partial charge in [-0.3, -0.25) is 4.79 Å². The van der Waals surface area contributed by atoms with E-state index in [4.69, 9.17) is 19.2 Å². The molecule has 7 nitrogen and oxygen atoms in total. The lowest BCUT2D eigenvalue weighted by molar-refractivity contribution is -0.0439. The fraction of sp³-hybridized carbons (Fsp3) is 0.385. The van der Waals surface area contributed by atoms with Crippen LogP contribution in [0.5, 0.6) is 17.2 Å². The molecule has 1 fully saturated rings. The Bertz CT molecular complexity index is 1170. The number of rotatable bonds is 7. The summed E-state index contributed by atoms with van der Waals surface area (Å²) in [7, 11) is 1.57. The number of amides is 1. The van der Waals surface area contributed by atoms with E-state index in [1.807, 2.05) is 54.5 Å². The van der Waals surface area contributed by atoms with Crippen molar-refractivity contribution in [1.29, 1.82) is 0 Å². The quantitative estimate of drug-likeness (QED) is 0.529. The minimum Gasteiger partial charge on any atom is -0.493 e. The number of benzene rings is 2. The fourth-order valence-electron chi connectivity index (χ4n) is 4.43. The number of hydrogen-bond acceptors (Lipinski definition) is 7. The van der Waals surface area contributed by atoms with Crippen molar-refractivity contribution in [1.82, 2.24) is 15.2 Å². The molecule has 0 bridgehead atoms. The molecule has 3 heterocycles. The topological polar surface area (TPSA) is 72.9 Å². The van der Waals surface area contributed by atoms with Gasteiger partial charge in [0.1, 0.15) is 5.01 Å². The molecule has 3 aromatic rings. The van der Waals surface area contributed by atoms with E-state index in [0.717, 1.165) is 35.7 Å². The minimum absolute atomic E-state index is 0.0837. The molecule has 0 radical (unpaired) electrons. The molecule has 1 unspecified atom stereocenters. The highest BCUT2D eigenvalue weighted by molar-refractivity contribution is 7.09. The highest BCUT2D eigenvalue weighted by atomic mass is 32.1. The molecule has 2 aromatic carbocycles. The molecular formula is C26H29N3O4S. The summed E-state index contributed by atoms with van der Waals surface area (Å²) in [4.78, 5) is 20.5. The van der Waals surface area contributed by atoms with Crippen LogP contribution >= 0.6 is 11.3 Å². The van der Waals surface area contributed by atoms with E-state index < -0.39 is 5.79 Å². The first kappa shape index (κ1) is 22.7. The van der Waals surface area contributed by atoms with Crippen molar-refractivity contribution in [3.05, 3.63) is 58.4 Å². The van der Waals surface area contributed by atoms with E-state index in [9.17, 15) is 4.79 Å². The van der Waals surface area contributed by atoms with Gasteiger partial charge in [-0.2, -0.15) is 0 Å². The normalized spacial score (nSPS) is 18.1. The van der Waals surface area contributed by atoms with Gasteiger partial charge in [-0.05, 0) is 31.5 Å². The molecule has 1 aromatic heterocycles. The van der Waals surface area contributed by atoms with Crippen molar-refractivity contribution in [2.45, 2.75) is 45.1 Å². The van der Waals surface area contributed by atoms with Crippen LogP contribution < -0.4 is 19.5 Å². The molecular weight excluding hydrogens is 450 g/mol. The highest BCUT2D eigenvalue weighted by Crippen LogP contribution is 2.46. The molecule has 2 aliphatic rings. The zero-order chi connectivity index (χ0) is 23.7. The summed E-state index contributed by atoms with van der Waals surface area (Å²) < 4.78 is 17.3. The predicted molar refractivity (Wildman–Crippen MR) is 132 cm³/mol. The minimum atomic E-state index is -0.806. The maximum absolute atomic E-state index is 13.8. The third kappa shape index (κ3) is 4.74. The Kier molecular flexibility index (Phi) is 6.18. The van der Waals surface area contributed by atoms with E-state index in [-0.39, 0.29) is 11.9 Å². The number of carbonyl (C=O) groups is 1. The molecule has 0 saturated carbocycles. The highest BCUT2D eigenvalue weighted by Gasteiger charge is 2.36. The van der Waals surface area contributed by atoms with Gasteiger partial charge in [0.15, 0.2) is 11.5 Å². The molecule has 178 valence electrons. The number of nitrogens with zero attached hydrogens (tertiary/aromatic N) is 2. The van der Waals surface area contributed by atoms with Crippen LogP contribution in [0.15, 0.2) is 47.8 Å². The third-order valence-corrected chi connectivity index (χ3v) is 6.86. The standard InChI is InChI=1S/C26H29N3O4S/c1-26(2)32-22-13-18(12-21(31-3)24(22)33-26)25(30)29(14-19-10-7-11-27-19)15-23-28-20(16-34-23)17-8-5-4-6-9-17/h4-6,8-9,12-13,16,19,27H,7,10-11,14-15H2,1-3H3. The van der Waals surface area contributed by atoms with Crippen molar-refractivity contribution in [2.75, 3.05) is 20.2 Å². The number of ether oxygens (including phenoxy) is 3. The van der Waals surface area contributed by atoms with Crippen LogP contribution in [-0.2, 0) is 6.54 Å². The van der Waals surface area contributed by atoms with E-state index in [1.54, 1.807) is 30.6 Å². The van der Waals surface area contributed by atoms with Gasteiger partial charge >= 0.3 is 0 Å². The van der Waals surface area contributed by atoms with Crippen molar-refractivity contribution in [3.63, 3.8) is 0 Å². The van der Waals surface area contributed by atoms with Crippen LogP contribution in [0, 0.1) is 0 Å². The van der Waals surface area contributed by atoms with E-state index in [1.165, 1.54) is 0 Å². The Morgan fingerprint density at radius 3 is 2.82 bits per heavy atom. The maximum Gasteiger partial charge on any atom is 0.254 e. The van der Waals surface area contributed by atoms with Crippen molar-refractivity contribution >= 4 is 17.2 Å². The SMILES string of the molecule is COc1cc(C(=O)N(Cc2nc(-c3ccccc3)cs2)CC2CCCN2)cc2c1OC(C)(C)O2. The Labute approximate surface area is 203 Å². The van der Waals surface area contributed by atoms with Crippen LogP contribution in [0.3, 0.4) is 0 Å². The van der Waals surface area contributed by atoms with Gasteiger partial charge in [0.2, 0.25) is 11.5 Å². The molecule has 8 heteroatoms. The molecule has 1 amide bonds. The molecule has 1 saturated heterocycles. The summed E-state index contributed by atoms with van der Waals surface area (Å²) in [6, 6.07) is 13.8. The van der Waals surface area contributed by atoms with Gasteiger partial charge in [-0.1, -0.05) is 30.3 Å². The monoisotopic (exact) mass is 479 g/mol. The average Bonchev–Trinajstić information content (AvgIpc) is 3.57. The Morgan fingerprint density at radius 2 is 2.09 bits per heavy atom. The summed E-state index contributed by atoms with van der Waals surface area (Å²) in [6.07, 6.45) is 2.17. The second-order valence-electron chi connectivity index (χ2n) is 9.08. The molecule has 34 heavy (non-hydrogen) atoms. The second kappa shape index (κ2) is 9.27. The fourth-order valence-corrected chi connectivity index (χ4v) is 5.25. The van der Waals surface area contributed by atoms with Crippen LogP contribution in [0.4, 0.5) is 0 Å². The number of nitrogens with one attached hydrogen (secondary N) is 1. The van der Waals surface area contributed by atoms with Crippen LogP contribution in [0.1, 0.15) is 42.1 Å². The zero-order valence-electron chi connectivity index (χ0n) is 19.7. The lowest BCUT2D eigenvalue weighted by atomic mass is 10.1. The number of aromatic nitrogens is 1. The number of carbonyl (C=O) groups excluding carboxylic acids is 1. The largest absolute Gasteiger partial charge is 0.493 e.